The Hall–Kier alpha value is -1.18. The van der Waals surface area contributed by atoms with Crippen LogP contribution in [0.4, 0.5) is 0 Å². The Balaban J connectivity index is 1.71. The van der Waals surface area contributed by atoms with Gasteiger partial charge in [-0.25, -0.2) is 0 Å². The summed E-state index contributed by atoms with van der Waals surface area (Å²) in [6, 6.07) is 1.53. The molecule has 1 aliphatic rings. The van der Waals surface area contributed by atoms with Crippen LogP contribution in [0.3, 0.4) is 0 Å². The average molecular weight is 343 g/mol. The van der Waals surface area contributed by atoms with Crippen molar-refractivity contribution in [3.63, 3.8) is 0 Å². The van der Waals surface area contributed by atoms with Crippen LogP contribution in [0.5, 0.6) is 0 Å². The fourth-order valence-electron chi connectivity index (χ4n) is 2.13. The van der Waals surface area contributed by atoms with E-state index in [0.717, 1.165) is 39.1 Å². The number of hydrogen-bond acceptors (Lipinski definition) is 4. The predicted octanol–water partition coefficient (Wildman–Crippen LogP) is 0.162. The smallest absolute Gasteiger partial charge is 0.262 e. The van der Waals surface area contributed by atoms with Gasteiger partial charge in [-0.3, -0.25) is 9.59 Å². The van der Waals surface area contributed by atoms with Crippen LogP contribution in [0.2, 0.25) is 0 Å². The van der Waals surface area contributed by atoms with Gasteiger partial charge in [0.2, 0.25) is 0 Å². The molecule has 0 spiro atoms. The summed E-state index contributed by atoms with van der Waals surface area (Å²) < 4.78 is 0.367. The summed E-state index contributed by atoms with van der Waals surface area (Å²) in [5, 5.41) is 6.17. The van der Waals surface area contributed by atoms with Gasteiger partial charge in [-0.1, -0.05) is 0 Å². The number of hydrogen-bond donors (Lipinski definition) is 3. The molecule has 1 saturated heterocycles. The Kier molecular flexibility index (Phi) is 5.75. The van der Waals surface area contributed by atoms with Crippen LogP contribution in [-0.2, 0) is 0 Å². The first-order valence-corrected chi connectivity index (χ1v) is 7.55. The van der Waals surface area contributed by atoms with E-state index in [2.05, 4.69) is 36.4 Å². The zero-order valence-corrected chi connectivity index (χ0v) is 12.8. The van der Waals surface area contributed by atoms with Gasteiger partial charge < -0.3 is 20.5 Å². The third-order valence-corrected chi connectivity index (χ3v) is 3.86. The molecule has 3 N–H and O–H groups in total. The molecule has 110 valence electrons. The Morgan fingerprint density at radius 1 is 1.40 bits per heavy atom. The Morgan fingerprint density at radius 3 is 2.85 bits per heavy atom. The highest BCUT2D eigenvalue weighted by molar-refractivity contribution is 9.10. The largest absolute Gasteiger partial charge is 0.352 e. The highest BCUT2D eigenvalue weighted by atomic mass is 79.9. The third kappa shape index (κ3) is 4.43. The van der Waals surface area contributed by atoms with Gasteiger partial charge >= 0.3 is 0 Å². The molecule has 1 amide bonds. The van der Waals surface area contributed by atoms with Gasteiger partial charge in [0.1, 0.15) is 0 Å². The number of amides is 1. The molecule has 0 aromatic carbocycles. The zero-order valence-electron chi connectivity index (χ0n) is 11.2. The van der Waals surface area contributed by atoms with Gasteiger partial charge in [0, 0.05) is 38.9 Å². The van der Waals surface area contributed by atoms with Crippen LogP contribution in [0.25, 0.3) is 0 Å². The maximum absolute atomic E-state index is 11.9. The van der Waals surface area contributed by atoms with E-state index in [1.165, 1.54) is 12.3 Å². The molecule has 0 radical (unpaired) electrons. The number of aromatic amines is 1. The second-order valence-corrected chi connectivity index (χ2v) is 5.62. The minimum atomic E-state index is -0.236. The van der Waals surface area contributed by atoms with E-state index in [-0.39, 0.29) is 11.5 Å². The summed E-state index contributed by atoms with van der Waals surface area (Å²) in [5.74, 6) is -0.165. The lowest BCUT2D eigenvalue weighted by atomic mass is 10.2. The molecule has 0 aliphatic carbocycles. The van der Waals surface area contributed by atoms with Crippen molar-refractivity contribution in [2.45, 2.75) is 6.42 Å². The summed E-state index contributed by atoms with van der Waals surface area (Å²) in [7, 11) is 0. The van der Waals surface area contributed by atoms with Gasteiger partial charge in [0.25, 0.3) is 11.5 Å². The van der Waals surface area contributed by atoms with E-state index in [4.69, 9.17) is 0 Å². The van der Waals surface area contributed by atoms with Crippen molar-refractivity contribution in [2.24, 2.45) is 0 Å². The molecule has 1 aromatic rings. The van der Waals surface area contributed by atoms with Crippen molar-refractivity contribution in [3.8, 4) is 0 Å². The molecule has 7 heteroatoms. The lowest BCUT2D eigenvalue weighted by Gasteiger charge is -2.27. The Labute approximate surface area is 126 Å². The van der Waals surface area contributed by atoms with Crippen molar-refractivity contribution in [3.05, 3.63) is 32.7 Å². The van der Waals surface area contributed by atoms with Crippen LogP contribution in [-0.4, -0.2) is 55.1 Å². The molecule has 1 fully saturated rings. The number of rotatable bonds is 5. The highest BCUT2D eigenvalue weighted by Gasteiger charge is 2.10. The number of nitrogens with zero attached hydrogens (tertiary/aromatic N) is 1. The molecular formula is C13H19BrN4O2. The molecule has 0 bridgehead atoms. The van der Waals surface area contributed by atoms with Gasteiger partial charge in [0.05, 0.1) is 10.0 Å². The van der Waals surface area contributed by atoms with E-state index in [9.17, 15) is 9.59 Å². The summed E-state index contributed by atoms with van der Waals surface area (Å²) >= 11 is 3.11. The van der Waals surface area contributed by atoms with Crippen molar-refractivity contribution in [2.75, 3.05) is 39.3 Å². The first-order chi connectivity index (χ1) is 9.66. The van der Waals surface area contributed by atoms with Crippen molar-refractivity contribution < 1.29 is 4.79 Å². The first-order valence-electron chi connectivity index (χ1n) is 6.76. The van der Waals surface area contributed by atoms with Gasteiger partial charge in [0.15, 0.2) is 0 Å². The van der Waals surface area contributed by atoms with Gasteiger partial charge in [-0.2, -0.15) is 0 Å². The van der Waals surface area contributed by atoms with E-state index < -0.39 is 0 Å². The second kappa shape index (κ2) is 7.56. The lowest BCUT2D eigenvalue weighted by molar-refractivity contribution is 0.0951. The fraction of sp³-hybridized carbons (Fsp3) is 0.538. The number of H-pyrrole nitrogens is 1. The molecule has 0 saturated carbocycles. The van der Waals surface area contributed by atoms with Crippen LogP contribution in [0.1, 0.15) is 16.8 Å². The number of carbonyl (C=O) groups excluding carboxylic acids is 1. The van der Waals surface area contributed by atoms with Crippen LogP contribution < -0.4 is 16.2 Å². The van der Waals surface area contributed by atoms with Crippen molar-refractivity contribution in [1.29, 1.82) is 0 Å². The van der Waals surface area contributed by atoms with Crippen LogP contribution in [0, 0.1) is 0 Å². The summed E-state index contributed by atoms with van der Waals surface area (Å²) in [4.78, 5) is 28.0. The Bertz CT molecular complexity index is 511. The van der Waals surface area contributed by atoms with Crippen molar-refractivity contribution in [1.82, 2.24) is 20.5 Å². The molecule has 1 aromatic heterocycles. The van der Waals surface area contributed by atoms with E-state index >= 15 is 0 Å². The maximum Gasteiger partial charge on any atom is 0.262 e. The molecule has 20 heavy (non-hydrogen) atoms. The number of aromatic nitrogens is 1. The standard InChI is InChI=1S/C13H19BrN4O2/c14-11-8-10(9-17-13(11)20)12(19)16-2-1-5-18-6-3-15-4-7-18/h8-9,15H,1-7H2,(H,16,19)(H,17,20). The third-order valence-electron chi connectivity index (χ3n) is 3.27. The molecular weight excluding hydrogens is 324 g/mol. The quantitative estimate of drug-likeness (QED) is 0.666. The minimum absolute atomic E-state index is 0.165. The number of nitrogens with one attached hydrogen (secondary N) is 3. The summed E-state index contributed by atoms with van der Waals surface area (Å²) in [6.45, 7) is 5.86. The van der Waals surface area contributed by atoms with Crippen LogP contribution in [0.15, 0.2) is 21.5 Å². The monoisotopic (exact) mass is 342 g/mol. The minimum Gasteiger partial charge on any atom is -0.352 e. The normalized spacial score (nSPS) is 16.1. The van der Waals surface area contributed by atoms with Gasteiger partial charge in [-0.15, -0.1) is 0 Å². The lowest BCUT2D eigenvalue weighted by Crippen LogP contribution is -2.44. The summed E-state index contributed by atoms with van der Waals surface area (Å²) in [5.41, 5.74) is 0.221. The summed E-state index contributed by atoms with van der Waals surface area (Å²) in [6.07, 6.45) is 2.36. The highest BCUT2D eigenvalue weighted by Crippen LogP contribution is 2.05. The SMILES string of the molecule is O=C(NCCCN1CCNCC1)c1c[nH]c(=O)c(Br)c1. The molecule has 6 nitrogen and oxygen atoms in total. The molecule has 0 unspecified atom stereocenters. The Morgan fingerprint density at radius 2 is 2.15 bits per heavy atom. The van der Waals surface area contributed by atoms with E-state index in [1.807, 2.05) is 0 Å². The predicted molar refractivity (Wildman–Crippen MR) is 81.0 cm³/mol. The molecule has 0 atom stereocenters. The van der Waals surface area contributed by atoms with Gasteiger partial charge in [-0.05, 0) is 35.0 Å². The second-order valence-electron chi connectivity index (χ2n) is 4.77. The maximum atomic E-state index is 11.9. The molecule has 2 rings (SSSR count). The number of halogens is 1. The zero-order chi connectivity index (χ0) is 14.4. The molecule has 2 heterocycles. The van der Waals surface area contributed by atoms with Crippen LogP contribution >= 0.6 is 15.9 Å². The number of pyridine rings is 1. The first kappa shape index (κ1) is 15.2. The number of carbonyl (C=O) groups is 1. The van der Waals surface area contributed by atoms with E-state index in [0.29, 0.717) is 16.6 Å². The van der Waals surface area contributed by atoms with E-state index in [1.54, 1.807) is 0 Å². The van der Waals surface area contributed by atoms with Crippen molar-refractivity contribution >= 4 is 21.8 Å². The topological polar surface area (TPSA) is 77.2 Å². The molecule has 1 aliphatic heterocycles. The average Bonchev–Trinajstić information content (AvgIpc) is 2.47. The number of piperazine rings is 1. The fourth-order valence-corrected chi connectivity index (χ4v) is 2.49.